The van der Waals surface area contributed by atoms with E-state index < -0.39 is 12.2 Å². The van der Waals surface area contributed by atoms with Gasteiger partial charge in [-0.1, -0.05) is 0 Å². The van der Waals surface area contributed by atoms with Gasteiger partial charge in [0, 0.05) is 19.3 Å². The lowest BCUT2D eigenvalue weighted by atomic mass is 10.0. The minimum Gasteiger partial charge on any atom is -0.391 e. The average molecular weight is 188 g/mol. The molecule has 2 atom stereocenters. The molecule has 0 aliphatic carbocycles. The summed E-state index contributed by atoms with van der Waals surface area (Å²) in [5.41, 5.74) is 0. The first-order valence-electron chi connectivity index (χ1n) is 4.39. The van der Waals surface area contributed by atoms with Crippen LogP contribution in [0, 0.1) is 0 Å². The lowest BCUT2D eigenvalue weighted by molar-refractivity contribution is -0.122. The van der Waals surface area contributed by atoms with E-state index >= 15 is 0 Å². The Bertz CT molecular complexity index is 165. The van der Waals surface area contributed by atoms with Gasteiger partial charge in [-0.25, -0.2) is 0 Å². The highest BCUT2D eigenvalue weighted by Crippen LogP contribution is 2.04. The van der Waals surface area contributed by atoms with E-state index in [0.29, 0.717) is 19.3 Å². The molecule has 2 N–H and O–H groups in total. The van der Waals surface area contributed by atoms with Crippen molar-refractivity contribution in [2.24, 2.45) is 0 Å². The molecule has 0 amide bonds. The maximum Gasteiger partial charge on any atom is 0.135 e. The number of carbonyl (C=O) groups excluding carboxylic acids is 2. The van der Waals surface area contributed by atoms with Crippen LogP contribution in [-0.2, 0) is 9.59 Å². The quantitative estimate of drug-likeness (QED) is 0.437. The molecular weight excluding hydrogens is 172 g/mol. The average Bonchev–Trinajstić information content (AvgIpc) is 2.04. The summed E-state index contributed by atoms with van der Waals surface area (Å²) in [6.45, 7) is 1.43. The number of rotatable bonds is 7. The monoisotopic (exact) mass is 188 g/mol. The Kier molecular flexibility index (Phi) is 6.36. The van der Waals surface area contributed by atoms with Crippen LogP contribution in [-0.4, -0.2) is 34.5 Å². The molecule has 0 radical (unpaired) electrons. The Hall–Kier alpha value is -0.740. The zero-order valence-electron chi connectivity index (χ0n) is 7.77. The molecule has 0 aliphatic rings. The van der Waals surface area contributed by atoms with Gasteiger partial charge in [-0.2, -0.15) is 0 Å². The van der Waals surface area contributed by atoms with Gasteiger partial charge in [0.2, 0.25) is 0 Å². The van der Waals surface area contributed by atoms with Crippen LogP contribution in [0.2, 0.25) is 0 Å². The summed E-state index contributed by atoms with van der Waals surface area (Å²) in [6, 6.07) is 0. The van der Waals surface area contributed by atoms with Gasteiger partial charge in [0.15, 0.2) is 0 Å². The smallest absolute Gasteiger partial charge is 0.135 e. The first-order chi connectivity index (χ1) is 6.07. The second-order valence-corrected chi connectivity index (χ2v) is 3.11. The number of aldehydes is 1. The van der Waals surface area contributed by atoms with Gasteiger partial charge in [0.25, 0.3) is 0 Å². The Morgan fingerprint density at radius 3 is 2.54 bits per heavy atom. The molecule has 13 heavy (non-hydrogen) atoms. The number of aliphatic hydroxyl groups excluding tert-OH is 2. The van der Waals surface area contributed by atoms with E-state index in [1.807, 2.05) is 0 Å². The first kappa shape index (κ1) is 12.3. The maximum atomic E-state index is 11.0. The molecular formula is C9H16O4. The number of ketones is 1. The van der Waals surface area contributed by atoms with Gasteiger partial charge in [-0.05, 0) is 13.3 Å². The highest BCUT2D eigenvalue weighted by molar-refractivity contribution is 5.79. The largest absolute Gasteiger partial charge is 0.391 e. The fraction of sp³-hybridized carbons (Fsp3) is 0.778. The molecule has 0 aromatic carbocycles. The van der Waals surface area contributed by atoms with Gasteiger partial charge in [-0.15, -0.1) is 0 Å². The lowest BCUT2D eigenvalue weighted by Crippen LogP contribution is -2.25. The van der Waals surface area contributed by atoms with Gasteiger partial charge >= 0.3 is 0 Å². The van der Waals surface area contributed by atoms with E-state index in [2.05, 4.69) is 0 Å². The third-order valence-electron chi connectivity index (χ3n) is 1.77. The molecule has 0 fully saturated rings. The van der Waals surface area contributed by atoms with Crippen LogP contribution >= 0.6 is 0 Å². The summed E-state index contributed by atoms with van der Waals surface area (Å²) >= 11 is 0. The molecule has 4 heteroatoms. The van der Waals surface area contributed by atoms with Crippen LogP contribution in [0.15, 0.2) is 0 Å². The summed E-state index contributed by atoms with van der Waals surface area (Å²) in [7, 11) is 0. The van der Waals surface area contributed by atoms with Crippen molar-refractivity contribution >= 4 is 12.1 Å². The predicted octanol–water partition coefficient (Wildman–Crippen LogP) is 0.0565. The Balaban J connectivity index is 3.55. The maximum absolute atomic E-state index is 11.0. The second-order valence-electron chi connectivity index (χ2n) is 3.11. The van der Waals surface area contributed by atoms with Gasteiger partial charge in [0.1, 0.15) is 12.1 Å². The topological polar surface area (TPSA) is 74.6 Å². The summed E-state index contributed by atoms with van der Waals surface area (Å²) < 4.78 is 0. The third kappa shape index (κ3) is 6.42. The number of hydrogen-bond donors (Lipinski definition) is 2. The van der Waals surface area contributed by atoms with Crippen molar-refractivity contribution in [2.45, 2.75) is 44.8 Å². The molecule has 76 valence electrons. The number of hydrogen-bond acceptors (Lipinski definition) is 4. The van der Waals surface area contributed by atoms with Crippen molar-refractivity contribution in [3.05, 3.63) is 0 Å². The van der Waals surface area contributed by atoms with E-state index in [-0.39, 0.29) is 12.2 Å². The Labute approximate surface area is 77.6 Å². The summed E-state index contributed by atoms with van der Waals surface area (Å²) in [4.78, 5) is 21.0. The van der Waals surface area contributed by atoms with Crippen molar-refractivity contribution in [1.29, 1.82) is 0 Å². The summed E-state index contributed by atoms with van der Waals surface area (Å²) in [6.07, 6.45) is 0.0572. The van der Waals surface area contributed by atoms with Crippen molar-refractivity contribution in [1.82, 2.24) is 0 Å². The van der Waals surface area contributed by atoms with Crippen molar-refractivity contribution in [3.8, 4) is 0 Å². The van der Waals surface area contributed by atoms with Crippen LogP contribution < -0.4 is 0 Å². The van der Waals surface area contributed by atoms with Crippen LogP contribution in [0.1, 0.15) is 32.6 Å². The molecule has 0 rings (SSSR count). The molecule has 4 nitrogen and oxygen atoms in total. The van der Waals surface area contributed by atoms with E-state index in [9.17, 15) is 9.59 Å². The zero-order valence-corrected chi connectivity index (χ0v) is 7.77. The molecule has 0 aromatic heterocycles. The highest BCUT2D eigenvalue weighted by Gasteiger charge is 2.14. The fourth-order valence-electron chi connectivity index (χ4n) is 0.888. The zero-order chi connectivity index (χ0) is 10.3. The number of carbonyl (C=O) groups is 2. The Morgan fingerprint density at radius 2 is 2.08 bits per heavy atom. The first-order valence-corrected chi connectivity index (χ1v) is 4.39. The highest BCUT2D eigenvalue weighted by atomic mass is 16.3. The van der Waals surface area contributed by atoms with Crippen LogP contribution in [0.5, 0.6) is 0 Å². The molecule has 0 spiro atoms. The standard InChI is InChI=1S/C9H16O4/c1-7(11)9(13)6-8(12)4-2-3-5-10/h5,7,9,11,13H,2-4,6H2,1H3. The Morgan fingerprint density at radius 1 is 1.46 bits per heavy atom. The van der Waals surface area contributed by atoms with Gasteiger partial charge in [-0.3, -0.25) is 4.79 Å². The van der Waals surface area contributed by atoms with Gasteiger partial charge in [0.05, 0.1) is 12.2 Å². The van der Waals surface area contributed by atoms with E-state index in [0.717, 1.165) is 6.29 Å². The van der Waals surface area contributed by atoms with Crippen LogP contribution in [0.3, 0.4) is 0 Å². The molecule has 0 bridgehead atoms. The van der Waals surface area contributed by atoms with Crippen LogP contribution in [0.25, 0.3) is 0 Å². The normalized spacial score (nSPS) is 15.0. The number of unbranched alkanes of at least 4 members (excludes halogenated alkanes) is 1. The van der Waals surface area contributed by atoms with Crippen LogP contribution in [0.4, 0.5) is 0 Å². The number of Topliss-reactive ketones (excluding diaryl/α,β-unsaturated/α-hetero) is 1. The van der Waals surface area contributed by atoms with Crippen molar-refractivity contribution in [3.63, 3.8) is 0 Å². The summed E-state index contributed by atoms with van der Waals surface area (Å²) in [5, 5.41) is 18.0. The lowest BCUT2D eigenvalue weighted by Gasteiger charge is -2.11. The van der Waals surface area contributed by atoms with E-state index in [1.165, 1.54) is 6.92 Å². The minimum absolute atomic E-state index is 0.0312. The molecule has 0 aromatic rings. The molecule has 2 unspecified atom stereocenters. The molecule has 0 aliphatic heterocycles. The molecule has 0 saturated carbocycles. The molecule has 0 saturated heterocycles. The fourth-order valence-corrected chi connectivity index (χ4v) is 0.888. The molecule has 0 heterocycles. The van der Waals surface area contributed by atoms with Crippen molar-refractivity contribution < 1.29 is 19.8 Å². The van der Waals surface area contributed by atoms with E-state index in [1.54, 1.807) is 0 Å². The SMILES string of the molecule is CC(O)C(O)CC(=O)CCCC=O. The third-order valence-corrected chi connectivity index (χ3v) is 1.77. The van der Waals surface area contributed by atoms with Crippen molar-refractivity contribution in [2.75, 3.05) is 0 Å². The van der Waals surface area contributed by atoms with E-state index in [4.69, 9.17) is 10.2 Å². The summed E-state index contributed by atoms with van der Waals surface area (Å²) in [5.74, 6) is -0.116. The van der Waals surface area contributed by atoms with Gasteiger partial charge < -0.3 is 15.0 Å². The minimum atomic E-state index is -0.983. The predicted molar refractivity (Wildman–Crippen MR) is 47.2 cm³/mol. The second kappa shape index (κ2) is 6.74. The number of aliphatic hydroxyl groups is 2.